The molecule has 32 heavy (non-hydrogen) atoms. The minimum absolute atomic E-state index is 0.157. The van der Waals surface area contributed by atoms with Crippen molar-refractivity contribution in [3.8, 4) is 0 Å². The molecule has 0 spiro atoms. The molecule has 3 aromatic rings. The van der Waals surface area contributed by atoms with E-state index in [0.29, 0.717) is 29.4 Å². The van der Waals surface area contributed by atoms with Gasteiger partial charge in [-0.15, -0.1) is 11.3 Å². The highest BCUT2D eigenvalue weighted by atomic mass is 35.5. The second-order valence-electron chi connectivity index (χ2n) is 7.50. The smallest absolute Gasteiger partial charge is 0.245 e. The fourth-order valence-electron chi connectivity index (χ4n) is 3.64. The van der Waals surface area contributed by atoms with Crippen molar-refractivity contribution in [2.45, 2.75) is 24.2 Å². The maximum atomic E-state index is 14.0. The van der Waals surface area contributed by atoms with Gasteiger partial charge in [-0.25, -0.2) is 17.8 Å². The first-order chi connectivity index (χ1) is 15.3. The summed E-state index contributed by atoms with van der Waals surface area (Å²) in [4.78, 5) is 17.6. The standard InChI is InChI=1S/C22H21ClFN3O3S2/c23-18-6-2-1-5-16(18)13-17-14-25-22(31-17)26-21(28)15-9-11-27(12-10-15)32(29,30)20-8-4-3-7-19(20)24/h1-8,14-15H,9-13H2,(H,25,26,28). The number of piperidine rings is 1. The van der Waals surface area contributed by atoms with Gasteiger partial charge in [0.25, 0.3) is 0 Å². The largest absolute Gasteiger partial charge is 0.302 e. The number of aromatic nitrogens is 1. The molecule has 0 bridgehead atoms. The van der Waals surface area contributed by atoms with Crippen LogP contribution in [0.5, 0.6) is 0 Å². The molecule has 6 nitrogen and oxygen atoms in total. The molecule has 0 radical (unpaired) electrons. The fraction of sp³-hybridized carbons (Fsp3) is 0.273. The zero-order chi connectivity index (χ0) is 22.7. The van der Waals surface area contributed by atoms with E-state index >= 15 is 0 Å². The molecule has 0 atom stereocenters. The maximum absolute atomic E-state index is 14.0. The van der Waals surface area contributed by atoms with Crippen molar-refractivity contribution >= 4 is 44.0 Å². The van der Waals surface area contributed by atoms with Crippen LogP contribution >= 0.6 is 22.9 Å². The molecule has 1 aliphatic heterocycles. The van der Waals surface area contributed by atoms with E-state index in [9.17, 15) is 17.6 Å². The van der Waals surface area contributed by atoms with Gasteiger partial charge in [-0.05, 0) is 36.6 Å². The lowest BCUT2D eigenvalue weighted by atomic mass is 9.97. The number of rotatable bonds is 6. The lowest BCUT2D eigenvalue weighted by Crippen LogP contribution is -2.41. The van der Waals surface area contributed by atoms with E-state index in [1.807, 2.05) is 24.3 Å². The average Bonchev–Trinajstić information content (AvgIpc) is 3.22. The van der Waals surface area contributed by atoms with Crippen molar-refractivity contribution in [1.82, 2.24) is 9.29 Å². The summed E-state index contributed by atoms with van der Waals surface area (Å²) in [5, 5.41) is 4.02. The molecule has 168 valence electrons. The Hall–Kier alpha value is -2.33. The zero-order valence-electron chi connectivity index (χ0n) is 17.0. The summed E-state index contributed by atoms with van der Waals surface area (Å²) in [5.74, 6) is -1.30. The third-order valence-corrected chi connectivity index (χ3v) is 8.60. The average molecular weight is 494 g/mol. The summed E-state index contributed by atoms with van der Waals surface area (Å²) in [6, 6.07) is 12.9. The SMILES string of the molecule is O=C(Nc1ncc(Cc2ccccc2Cl)s1)C1CCN(S(=O)(=O)c2ccccc2F)CC1. The van der Waals surface area contributed by atoms with E-state index in [0.717, 1.165) is 16.5 Å². The van der Waals surface area contributed by atoms with E-state index in [1.54, 1.807) is 6.20 Å². The molecular formula is C22H21ClFN3O3S2. The summed E-state index contributed by atoms with van der Waals surface area (Å²) in [6.45, 7) is 0.314. The molecule has 10 heteroatoms. The van der Waals surface area contributed by atoms with Crippen LogP contribution in [0.15, 0.2) is 59.6 Å². The second-order valence-corrected chi connectivity index (χ2v) is 10.9. The van der Waals surface area contributed by atoms with Crippen LogP contribution in [0.2, 0.25) is 5.02 Å². The Morgan fingerprint density at radius 1 is 1.16 bits per heavy atom. The molecule has 1 saturated heterocycles. The maximum Gasteiger partial charge on any atom is 0.245 e. The number of hydrogen-bond acceptors (Lipinski definition) is 5. The monoisotopic (exact) mass is 493 g/mol. The summed E-state index contributed by atoms with van der Waals surface area (Å²) < 4.78 is 40.6. The fourth-order valence-corrected chi connectivity index (χ4v) is 6.21. The Morgan fingerprint density at radius 3 is 2.56 bits per heavy atom. The van der Waals surface area contributed by atoms with Crippen LogP contribution in [0.25, 0.3) is 0 Å². The summed E-state index contributed by atoms with van der Waals surface area (Å²) >= 11 is 7.59. The summed E-state index contributed by atoms with van der Waals surface area (Å²) in [6.07, 6.45) is 3.06. The van der Waals surface area contributed by atoms with E-state index in [1.165, 1.54) is 33.8 Å². The van der Waals surface area contributed by atoms with E-state index < -0.39 is 15.8 Å². The molecule has 0 unspecified atom stereocenters. The molecule has 1 amide bonds. The van der Waals surface area contributed by atoms with Gasteiger partial charge in [0.15, 0.2) is 5.13 Å². The van der Waals surface area contributed by atoms with Crippen molar-refractivity contribution in [2.24, 2.45) is 5.92 Å². The Kier molecular flexibility index (Phi) is 6.90. The van der Waals surface area contributed by atoms with Gasteiger partial charge in [-0.2, -0.15) is 4.31 Å². The highest BCUT2D eigenvalue weighted by Gasteiger charge is 2.33. The van der Waals surface area contributed by atoms with Crippen molar-refractivity contribution in [1.29, 1.82) is 0 Å². The van der Waals surface area contributed by atoms with Gasteiger partial charge in [-0.3, -0.25) is 4.79 Å². The molecule has 1 aliphatic rings. The molecule has 0 aliphatic carbocycles. The van der Waals surface area contributed by atoms with Crippen molar-refractivity contribution in [3.63, 3.8) is 0 Å². The molecule has 0 saturated carbocycles. The first kappa shape index (κ1) is 22.8. The molecule has 4 rings (SSSR count). The normalized spacial score (nSPS) is 15.6. The Balaban J connectivity index is 1.34. The molecule has 2 aromatic carbocycles. The van der Waals surface area contributed by atoms with Crippen LogP contribution in [-0.4, -0.2) is 36.7 Å². The molecule has 1 N–H and O–H groups in total. The molecule has 1 aromatic heterocycles. The first-order valence-electron chi connectivity index (χ1n) is 10.1. The number of benzene rings is 2. The van der Waals surface area contributed by atoms with Crippen LogP contribution in [0, 0.1) is 11.7 Å². The highest BCUT2D eigenvalue weighted by Crippen LogP contribution is 2.28. The molecular weight excluding hydrogens is 473 g/mol. The van der Waals surface area contributed by atoms with Gasteiger partial charge in [0.2, 0.25) is 15.9 Å². The van der Waals surface area contributed by atoms with Crippen molar-refractivity contribution < 1.29 is 17.6 Å². The van der Waals surface area contributed by atoms with Crippen LogP contribution in [-0.2, 0) is 21.2 Å². The number of carbonyl (C=O) groups is 1. The Morgan fingerprint density at radius 2 is 1.84 bits per heavy atom. The lowest BCUT2D eigenvalue weighted by Gasteiger charge is -2.30. The van der Waals surface area contributed by atoms with Crippen LogP contribution in [0.3, 0.4) is 0 Å². The summed E-state index contributed by atoms with van der Waals surface area (Å²) in [5.41, 5.74) is 0.985. The van der Waals surface area contributed by atoms with Crippen LogP contribution < -0.4 is 5.32 Å². The van der Waals surface area contributed by atoms with E-state index in [-0.39, 0.29) is 29.8 Å². The number of thiazole rings is 1. The minimum Gasteiger partial charge on any atom is -0.302 e. The Bertz CT molecular complexity index is 1220. The second kappa shape index (κ2) is 9.66. The van der Waals surface area contributed by atoms with Gasteiger partial charge in [0.1, 0.15) is 10.7 Å². The van der Waals surface area contributed by atoms with Gasteiger partial charge < -0.3 is 5.32 Å². The van der Waals surface area contributed by atoms with Crippen LogP contribution in [0.1, 0.15) is 23.3 Å². The topological polar surface area (TPSA) is 79.4 Å². The third kappa shape index (κ3) is 5.01. The predicted molar refractivity (Wildman–Crippen MR) is 123 cm³/mol. The van der Waals surface area contributed by atoms with Gasteiger partial charge in [0, 0.05) is 41.5 Å². The number of nitrogens with zero attached hydrogens (tertiary/aromatic N) is 2. The number of halogens is 2. The number of carbonyl (C=O) groups excluding carboxylic acids is 1. The predicted octanol–water partition coefficient (Wildman–Crippen LogP) is 4.57. The zero-order valence-corrected chi connectivity index (χ0v) is 19.4. The number of anilines is 1. The quantitative estimate of drug-likeness (QED) is 0.545. The van der Waals surface area contributed by atoms with Crippen molar-refractivity contribution in [2.75, 3.05) is 18.4 Å². The lowest BCUT2D eigenvalue weighted by molar-refractivity contribution is -0.120. The third-order valence-electron chi connectivity index (χ3n) is 5.39. The van der Waals surface area contributed by atoms with E-state index in [2.05, 4.69) is 10.3 Å². The minimum atomic E-state index is -3.93. The van der Waals surface area contributed by atoms with Gasteiger partial charge in [-0.1, -0.05) is 41.9 Å². The van der Waals surface area contributed by atoms with E-state index in [4.69, 9.17) is 11.6 Å². The summed E-state index contributed by atoms with van der Waals surface area (Å²) in [7, 11) is -3.93. The number of amides is 1. The number of hydrogen-bond donors (Lipinski definition) is 1. The first-order valence-corrected chi connectivity index (χ1v) is 12.7. The molecule has 1 fully saturated rings. The number of sulfonamides is 1. The van der Waals surface area contributed by atoms with Crippen LogP contribution in [0.4, 0.5) is 9.52 Å². The highest BCUT2D eigenvalue weighted by molar-refractivity contribution is 7.89. The van der Waals surface area contributed by atoms with Gasteiger partial charge in [0.05, 0.1) is 0 Å². The molecule has 2 heterocycles. The Labute approximate surface area is 195 Å². The number of nitrogens with one attached hydrogen (secondary N) is 1. The van der Waals surface area contributed by atoms with Crippen molar-refractivity contribution in [3.05, 3.63) is 76.0 Å². The van der Waals surface area contributed by atoms with Gasteiger partial charge >= 0.3 is 0 Å².